The molecule has 0 bridgehead atoms. The van der Waals surface area contributed by atoms with Crippen molar-refractivity contribution in [1.82, 2.24) is 0 Å². The molecule has 1 N–H and O–H groups in total. The molecular weight excluding hydrogens is 244 g/mol. The van der Waals surface area contributed by atoms with Crippen molar-refractivity contribution >= 4 is 17.3 Å². The van der Waals surface area contributed by atoms with Crippen molar-refractivity contribution in [2.24, 2.45) is 0 Å². The van der Waals surface area contributed by atoms with E-state index in [9.17, 15) is 4.79 Å². The second-order valence-corrected chi connectivity index (χ2v) is 5.24. The number of carboxylic acid groups (broad SMARTS) is 1. The van der Waals surface area contributed by atoms with E-state index in [1.54, 1.807) is 6.07 Å². The van der Waals surface area contributed by atoms with Gasteiger partial charge in [-0.25, -0.2) is 4.79 Å². The van der Waals surface area contributed by atoms with E-state index in [1.807, 2.05) is 6.07 Å². The van der Waals surface area contributed by atoms with Crippen LogP contribution < -0.4 is 0 Å². The first-order chi connectivity index (χ1) is 8.65. The van der Waals surface area contributed by atoms with E-state index in [2.05, 4.69) is 32.0 Å². The van der Waals surface area contributed by atoms with Crippen LogP contribution in [0.2, 0.25) is 0 Å². The molecule has 1 aromatic carbocycles. The fourth-order valence-corrected chi connectivity index (χ4v) is 2.90. The second-order valence-electron chi connectivity index (χ2n) is 4.16. The molecule has 0 spiro atoms. The van der Waals surface area contributed by atoms with Crippen LogP contribution in [0.3, 0.4) is 0 Å². The van der Waals surface area contributed by atoms with Crippen LogP contribution in [0.25, 0.3) is 10.4 Å². The molecule has 0 unspecified atom stereocenters. The third kappa shape index (κ3) is 2.46. The maximum Gasteiger partial charge on any atom is 0.345 e. The van der Waals surface area contributed by atoms with E-state index in [0.29, 0.717) is 4.88 Å². The average molecular weight is 260 g/mol. The highest BCUT2D eigenvalue weighted by Gasteiger charge is 2.09. The predicted octanol–water partition coefficient (Wildman–Crippen LogP) is 4.24. The lowest BCUT2D eigenvalue weighted by Crippen LogP contribution is -1.91. The first kappa shape index (κ1) is 12.8. The van der Waals surface area contributed by atoms with Gasteiger partial charge in [-0.1, -0.05) is 32.0 Å². The normalized spacial score (nSPS) is 10.6. The zero-order valence-corrected chi connectivity index (χ0v) is 11.4. The first-order valence-electron chi connectivity index (χ1n) is 6.11. The number of thiophene rings is 1. The predicted molar refractivity (Wildman–Crippen MR) is 75.5 cm³/mol. The first-order valence-corrected chi connectivity index (χ1v) is 6.92. The summed E-state index contributed by atoms with van der Waals surface area (Å²) in [7, 11) is 0. The van der Waals surface area contributed by atoms with Crippen LogP contribution in [0.4, 0.5) is 0 Å². The van der Waals surface area contributed by atoms with Gasteiger partial charge in [-0.2, -0.15) is 0 Å². The van der Waals surface area contributed by atoms with Gasteiger partial charge >= 0.3 is 5.97 Å². The third-order valence-electron chi connectivity index (χ3n) is 3.07. The molecule has 2 rings (SSSR count). The fraction of sp³-hybridized carbons (Fsp3) is 0.267. The van der Waals surface area contributed by atoms with E-state index < -0.39 is 5.97 Å². The monoisotopic (exact) mass is 260 g/mol. The molecular formula is C15H16O2S. The van der Waals surface area contributed by atoms with Crippen LogP contribution in [-0.4, -0.2) is 11.1 Å². The lowest BCUT2D eigenvalue weighted by Gasteiger charge is -2.07. The van der Waals surface area contributed by atoms with Gasteiger partial charge in [-0.3, -0.25) is 0 Å². The number of carboxylic acids is 1. The van der Waals surface area contributed by atoms with Crippen LogP contribution in [-0.2, 0) is 12.8 Å². The summed E-state index contributed by atoms with van der Waals surface area (Å²) in [6, 6.07) is 9.95. The molecule has 0 saturated heterocycles. The Morgan fingerprint density at radius 2 is 1.83 bits per heavy atom. The van der Waals surface area contributed by atoms with Crippen LogP contribution in [0.1, 0.15) is 34.6 Å². The van der Waals surface area contributed by atoms with E-state index in [-0.39, 0.29) is 0 Å². The van der Waals surface area contributed by atoms with Gasteiger partial charge in [0.25, 0.3) is 0 Å². The number of rotatable bonds is 4. The largest absolute Gasteiger partial charge is 0.477 e. The van der Waals surface area contributed by atoms with E-state index >= 15 is 0 Å². The molecule has 0 aliphatic rings. The van der Waals surface area contributed by atoms with E-state index in [1.165, 1.54) is 22.5 Å². The molecule has 0 aliphatic heterocycles. The Kier molecular flexibility index (Phi) is 3.82. The minimum absolute atomic E-state index is 0.391. The standard InChI is InChI=1S/C15H16O2S/c1-3-10-5-6-12(9-11(10)4-2)13-7-8-14(18-13)15(16)17/h5-9H,3-4H2,1-2H3,(H,16,17). The average Bonchev–Trinajstić information content (AvgIpc) is 2.87. The Balaban J connectivity index is 2.41. The molecule has 3 heteroatoms. The fourth-order valence-electron chi connectivity index (χ4n) is 2.06. The quantitative estimate of drug-likeness (QED) is 0.892. The van der Waals surface area contributed by atoms with Gasteiger partial charge < -0.3 is 5.11 Å². The summed E-state index contributed by atoms with van der Waals surface area (Å²) < 4.78 is 0. The maximum absolute atomic E-state index is 10.9. The van der Waals surface area contributed by atoms with Crippen LogP contribution in [0.5, 0.6) is 0 Å². The highest BCUT2D eigenvalue weighted by Crippen LogP contribution is 2.30. The minimum Gasteiger partial charge on any atom is -0.477 e. The topological polar surface area (TPSA) is 37.3 Å². The molecule has 0 atom stereocenters. The molecule has 18 heavy (non-hydrogen) atoms. The number of hydrogen-bond acceptors (Lipinski definition) is 2. The Bertz CT molecular complexity index is 570. The summed E-state index contributed by atoms with van der Waals surface area (Å²) in [4.78, 5) is 12.3. The zero-order valence-electron chi connectivity index (χ0n) is 10.6. The van der Waals surface area contributed by atoms with Crippen molar-refractivity contribution < 1.29 is 9.90 Å². The van der Waals surface area contributed by atoms with Gasteiger partial charge in [0.1, 0.15) is 4.88 Å². The van der Waals surface area contributed by atoms with Crippen LogP contribution in [0.15, 0.2) is 30.3 Å². The van der Waals surface area contributed by atoms with Crippen molar-refractivity contribution in [3.8, 4) is 10.4 Å². The second kappa shape index (κ2) is 5.36. The summed E-state index contributed by atoms with van der Waals surface area (Å²) in [6.45, 7) is 4.30. The van der Waals surface area contributed by atoms with Crippen LogP contribution >= 0.6 is 11.3 Å². The Labute approximate surface area is 111 Å². The van der Waals surface area contributed by atoms with Gasteiger partial charge in [-0.05, 0) is 41.7 Å². The highest BCUT2D eigenvalue weighted by molar-refractivity contribution is 7.17. The molecule has 0 radical (unpaired) electrons. The molecule has 1 heterocycles. The lowest BCUT2D eigenvalue weighted by molar-refractivity contribution is 0.0702. The lowest BCUT2D eigenvalue weighted by atomic mass is 9.99. The summed E-state index contributed by atoms with van der Waals surface area (Å²) in [5.41, 5.74) is 3.83. The van der Waals surface area contributed by atoms with Crippen molar-refractivity contribution in [3.05, 3.63) is 46.3 Å². The zero-order chi connectivity index (χ0) is 13.1. The molecule has 1 aromatic heterocycles. The van der Waals surface area contributed by atoms with Crippen molar-refractivity contribution in [3.63, 3.8) is 0 Å². The Morgan fingerprint density at radius 3 is 2.39 bits per heavy atom. The van der Waals surface area contributed by atoms with Crippen molar-refractivity contribution in [2.75, 3.05) is 0 Å². The summed E-state index contributed by atoms with van der Waals surface area (Å²) in [5, 5.41) is 8.94. The van der Waals surface area contributed by atoms with Gasteiger partial charge in [0.2, 0.25) is 0 Å². The summed E-state index contributed by atoms with van der Waals surface area (Å²) in [5.74, 6) is -0.854. The van der Waals surface area contributed by atoms with Gasteiger partial charge in [0.05, 0.1) is 0 Å². The van der Waals surface area contributed by atoms with Gasteiger partial charge in [0, 0.05) is 4.88 Å². The maximum atomic E-state index is 10.9. The molecule has 0 saturated carbocycles. The molecule has 94 valence electrons. The SMILES string of the molecule is CCc1ccc(-c2ccc(C(=O)O)s2)cc1CC. The third-order valence-corrected chi connectivity index (χ3v) is 4.19. The van der Waals surface area contributed by atoms with E-state index in [0.717, 1.165) is 23.3 Å². The van der Waals surface area contributed by atoms with E-state index in [4.69, 9.17) is 5.11 Å². The highest BCUT2D eigenvalue weighted by atomic mass is 32.1. The van der Waals surface area contributed by atoms with Crippen LogP contribution in [0, 0.1) is 0 Å². The van der Waals surface area contributed by atoms with Crippen molar-refractivity contribution in [2.45, 2.75) is 26.7 Å². The molecule has 0 fully saturated rings. The van der Waals surface area contributed by atoms with Gasteiger partial charge in [-0.15, -0.1) is 11.3 Å². The molecule has 0 aliphatic carbocycles. The minimum atomic E-state index is -0.854. The Hall–Kier alpha value is -1.61. The number of aromatic carboxylic acids is 1. The number of benzene rings is 1. The summed E-state index contributed by atoms with van der Waals surface area (Å²) in [6.07, 6.45) is 2.04. The van der Waals surface area contributed by atoms with Crippen molar-refractivity contribution in [1.29, 1.82) is 0 Å². The smallest absolute Gasteiger partial charge is 0.345 e. The number of carbonyl (C=O) groups is 1. The molecule has 0 amide bonds. The Morgan fingerprint density at radius 1 is 1.11 bits per heavy atom. The number of hydrogen-bond donors (Lipinski definition) is 1. The number of aryl methyl sites for hydroxylation is 2. The molecule has 2 aromatic rings. The van der Waals surface area contributed by atoms with Gasteiger partial charge in [0.15, 0.2) is 0 Å². The summed E-state index contributed by atoms with van der Waals surface area (Å²) >= 11 is 1.33. The molecule has 2 nitrogen and oxygen atoms in total.